The van der Waals surface area contributed by atoms with Crippen LogP contribution >= 0.6 is 0 Å². The van der Waals surface area contributed by atoms with Gasteiger partial charge in [0.05, 0.1) is 6.20 Å². The molecule has 24 heavy (non-hydrogen) atoms. The first-order valence-electron chi connectivity index (χ1n) is 8.77. The first kappa shape index (κ1) is 15.2. The van der Waals surface area contributed by atoms with E-state index in [-0.39, 0.29) is 0 Å². The van der Waals surface area contributed by atoms with E-state index in [2.05, 4.69) is 37.1 Å². The van der Waals surface area contributed by atoms with Gasteiger partial charge in [0.15, 0.2) is 0 Å². The van der Waals surface area contributed by atoms with Gasteiger partial charge >= 0.3 is 0 Å². The summed E-state index contributed by atoms with van der Waals surface area (Å²) in [5.74, 6) is 2.01. The largest absolute Gasteiger partial charge is 0.357 e. The predicted molar refractivity (Wildman–Crippen MR) is 92.6 cm³/mol. The fourth-order valence-corrected chi connectivity index (χ4v) is 3.71. The van der Waals surface area contributed by atoms with Crippen molar-refractivity contribution in [3.05, 3.63) is 30.7 Å². The molecule has 2 saturated heterocycles. The highest BCUT2D eigenvalue weighted by molar-refractivity contribution is 5.78. The van der Waals surface area contributed by atoms with E-state index in [9.17, 15) is 4.79 Å². The van der Waals surface area contributed by atoms with Gasteiger partial charge in [-0.15, -0.1) is 0 Å². The molecule has 2 aromatic rings. The molecule has 0 saturated carbocycles. The van der Waals surface area contributed by atoms with Crippen LogP contribution in [0, 0.1) is 5.92 Å². The Morgan fingerprint density at radius 3 is 2.62 bits per heavy atom. The van der Waals surface area contributed by atoms with Gasteiger partial charge < -0.3 is 9.80 Å². The number of nitrogens with one attached hydrogen (secondary N) is 1. The highest BCUT2D eigenvalue weighted by Crippen LogP contribution is 2.25. The lowest BCUT2D eigenvalue weighted by molar-refractivity contribution is -0.128. The molecule has 1 amide bonds. The van der Waals surface area contributed by atoms with Gasteiger partial charge in [-0.2, -0.15) is 5.10 Å². The Morgan fingerprint density at radius 1 is 1.12 bits per heavy atom. The number of hydrogen-bond acceptors (Lipinski definition) is 4. The number of likely N-dealkylation sites (tertiary alicyclic amines) is 1. The lowest BCUT2D eigenvalue weighted by atomic mass is 9.96. The maximum atomic E-state index is 11.8. The van der Waals surface area contributed by atoms with Crippen molar-refractivity contribution < 1.29 is 4.79 Å². The highest BCUT2D eigenvalue weighted by atomic mass is 16.2. The molecule has 6 heteroatoms. The summed E-state index contributed by atoms with van der Waals surface area (Å²) >= 11 is 0. The van der Waals surface area contributed by atoms with Crippen LogP contribution in [0.3, 0.4) is 0 Å². The second-order valence-corrected chi connectivity index (χ2v) is 6.77. The minimum Gasteiger partial charge on any atom is -0.357 e. The van der Waals surface area contributed by atoms with Crippen molar-refractivity contribution in [2.24, 2.45) is 5.92 Å². The number of anilines is 1. The fraction of sp³-hybridized carbons (Fsp3) is 0.500. The number of carbonyl (C=O) groups excluding carboxylic acids is 1. The summed E-state index contributed by atoms with van der Waals surface area (Å²) in [4.78, 5) is 20.8. The number of nitrogens with zero attached hydrogens (tertiary/aromatic N) is 4. The topological polar surface area (TPSA) is 65.1 Å². The Kier molecular flexibility index (Phi) is 4.19. The van der Waals surface area contributed by atoms with Gasteiger partial charge in [-0.25, -0.2) is 4.98 Å². The van der Waals surface area contributed by atoms with Gasteiger partial charge in [0.1, 0.15) is 5.82 Å². The van der Waals surface area contributed by atoms with E-state index in [4.69, 9.17) is 0 Å². The molecule has 0 radical (unpaired) electrons. The quantitative estimate of drug-likeness (QED) is 0.937. The average Bonchev–Trinajstić information content (AvgIpc) is 3.29. The summed E-state index contributed by atoms with van der Waals surface area (Å²) in [5.41, 5.74) is 2.14. The highest BCUT2D eigenvalue weighted by Gasteiger charge is 2.26. The molecule has 0 aromatic carbocycles. The van der Waals surface area contributed by atoms with Gasteiger partial charge in [-0.3, -0.25) is 9.89 Å². The zero-order valence-electron chi connectivity index (χ0n) is 13.8. The van der Waals surface area contributed by atoms with E-state index in [0.717, 1.165) is 68.8 Å². The lowest BCUT2D eigenvalue weighted by Gasteiger charge is -2.34. The second-order valence-electron chi connectivity index (χ2n) is 6.77. The van der Waals surface area contributed by atoms with Crippen LogP contribution in [-0.2, 0) is 4.79 Å². The minimum atomic E-state index is 0.342. The second kappa shape index (κ2) is 6.63. The smallest absolute Gasteiger partial charge is 0.222 e. The Balaban J connectivity index is 1.33. The van der Waals surface area contributed by atoms with Gasteiger partial charge in [-0.1, -0.05) is 0 Å². The fourth-order valence-electron chi connectivity index (χ4n) is 3.71. The summed E-state index contributed by atoms with van der Waals surface area (Å²) in [6, 6.07) is 4.19. The molecule has 2 aromatic heterocycles. The minimum absolute atomic E-state index is 0.342. The van der Waals surface area contributed by atoms with E-state index in [1.54, 1.807) is 0 Å². The molecule has 2 aliphatic heterocycles. The summed E-state index contributed by atoms with van der Waals surface area (Å²) in [6.07, 6.45) is 9.64. The van der Waals surface area contributed by atoms with Crippen LogP contribution in [-0.4, -0.2) is 52.2 Å². The summed E-state index contributed by atoms with van der Waals surface area (Å²) in [5, 5.41) is 6.80. The number of aromatic nitrogens is 3. The molecule has 2 aliphatic rings. The standard InChI is InChI=1S/C18H23N5O/c24-18-2-1-7-23(18)13-14-5-8-22(9-6-14)17-4-3-15(10-19-17)16-11-20-21-12-16/h3-4,10-12,14H,1-2,5-9,13H2,(H,20,21). The van der Waals surface area contributed by atoms with E-state index in [1.807, 2.05) is 18.6 Å². The van der Waals surface area contributed by atoms with Crippen LogP contribution in [0.4, 0.5) is 5.82 Å². The summed E-state index contributed by atoms with van der Waals surface area (Å²) < 4.78 is 0. The van der Waals surface area contributed by atoms with E-state index >= 15 is 0 Å². The van der Waals surface area contributed by atoms with Crippen LogP contribution in [0.1, 0.15) is 25.7 Å². The normalized spacial score (nSPS) is 19.2. The Bertz CT molecular complexity index is 674. The van der Waals surface area contributed by atoms with Gasteiger partial charge in [0.2, 0.25) is 5.91 Å². The number of H-pyrrole nitrogens is 1. The zero-order chi connectivity index (χ0) is 16.4. The Hall–Kier alpha value is -2.37. The number of pyridine rings is 1. The van der Waals surface area contributed by atoms with Crippen molar-refractivity contribution in [2.75, 3.05) is 31.1 Å². The van der Waals surface area contributed by atoms with E-state index < -0.39 is 0 Å². The molecule has 2 fully saturated rings. The third-order valence-corrected chi connectivity index (χ3v) is 5.17. The number of rotatable bonds is 4. The molecule has 1 N–H and O–H groups in total. The van der Waals surface area contributed by atoms with Crippen LogP contribution < -0.4 is 4.90 Å². The zero-order valence-corrected chi connectivity index (χ0v) is 13.8. The summed E-state index contributed by atoms with van der Waals surface area (Å²) in [6.45, 7) is 3.94. The number of hydrogen-bond donors (Lipinski definition) is 1. The van der Waals surface area contributed by atoms with Crippen molar-refractivity contribution in [3.63, 3.8) is 0 Å². The van der Waals surface area contributed by atoms with Crippen molar-refractivity contribution in [1.82, 2.24) is 20.1 Å². The Labute approximate surface area is 141 Å². The molecular formula is C18H23N5O. The third kappa shape index (κ3) is 3.13. The maximum Gasteiger partial charge on any atom is 0.222 e. The molecule has 6 nitrogen and oxygen atoms in total. The van der Waals surface area contributed by atoms with Crippen LogP contribution in [0.25, 0.3) is 11.1 Å². The predicted octanol–water partition coefficient (Wildman–Crippen LogP) is 2.31. The molecule has 0 unspecified atom stereocenters. The van der Waals surface area contributed by atoms with Crippen molar-refractivity contribution in [2.45, 2.75) is 25.7 Å². The van der Waals surface area contributed by atoms with Crippen molar-refractivity contribution >= 4 is 11.7 Å². The molecule has 0 spiro atoms. The number of carbonyl (C=O) groups is 1. The number of aromatic amines is 1. The monoisotopic (exact) mass is 325 g/mol. The number of piperidine rings is 1. The van der Waals surface area contributed by atoms with Crippen LogP contribution in [0.5, 0.6) is 0 Å². The molecule has 126 valence electrons. The molecule has 0 aliphatic carbocycles. The van der Waals surface area contributed by atoms with E-state index in [0.29, 0.717) is 11.8 Å². The van der Waals surface area contributed by atoms with Crippen molar-refractivity contribution in [3.8, 4) is 11.1 Å². The van der Waals surface area contributed by atoms with Gasteiger partial charge in [-0.05, 0) is 37.3 Å². The summed E-state index contributed by atoms with van der Waals surface area (Å²) in [7, 11) is 0. The van der Waals surface area contributed by atoms with Crippen molar-refractivity contribution in [1.29, 1.82) is 0 Å². The Morgan fingerprint density at radius 2 is 2.00 bits per heavy atom. The van der Waals surface area contributed by atoms with Gasteiger partial charge in [0, 0.05) is 56.1 Å². The first-order valence-corrected chi connectivity index (χ1v) is 8.77. The maximum absolute atomic E-state index is 11.8. The SMILES string of the molecule is O=C1CCCN1CC1CCN(c2ccc(-c3cn[nH]c3)cn2)CC1. The number of amides is 1. The van der Waals surface area contributed by atoms with Gasteiger partial charge in [0.25, 0.3) is 0 Å². The van der Waals surface area contributed by atoms with Crippen LogP contribution in [0.2, 0.25) is 0 Å². The van der Waals surface area contributed by atoms with Crippen LogP contribution in [0.15, 0.2) is 30.7 Å². The third-order valence-electron chi connectivity index (χ3n) is 5.17. The molecule has 0 atom stereocenters. The first-order chi connectivity index (χ1) is 11.8. The molecule has 0 bridgehead atoms. The average molecular weight is 325 g/mol. The van der Waals surface area contributed by atoms with E-state index in [1.165, 1.54) is 0 Å². The molecule has 4 rings (SSSR count). The molecular weight excluding hydrogens is 302 g/mol. The molecule has 4 heterocycles. The lowest BCUT2D eigenvalue weighted by Crippen LogP contribution is -2.39.